The fourth-order valence-electron chi connectivity index (χ4n) is 2.69. The number of hydrogen-bond donors (Lipinski definition) is 0. The van der Waals surface area contributed by atoms with E-state index in [9.17, 15) is 19.7 Å². The zero-order valence-electron chi connectivity index (χ0n) is 16.9. The van der Waals surface area contributed by atoms with Crippen LogP contribution < -0.4 is 9.47 Å². The number of non-ortho nitro benzene ring substituents is 1. The van der Waals surface area contributed by atoms with Gasteiger partial charge in [-0.1, -0.05) is 18.5 Å². The number of carbonyl (C=O) groups is 2. The van der Waals surface area contributed by atoms with Crippen molar-refractivity contribution in [3.8, 4) is 11.5 Å². The van der Waals surface area contributed by atoms with E-state index in [0.29, 0.717) is 22.4 Å². The molecule has 0 fully saturated rings. The molecule has 0 saturated heterocycles. The summed E-state index contributed by atoms with van der Waals surface area (Å²) in [4.78, 5) is 38.7. The molecule has 3 rings (SSSR count). The Labute approximate surface area is 195 Å². The van der Waals surface area contributed by atoms with Gasteiger partial charge in [-0.05, 0) is 52.7 Å². The van der Waals surface area contributed by atoms with Crippen LogP contribution in [0, 0.1) is 10.1 Å². The van der Waals surface area contributed by atoms with Crippen LogP contribution in [0.4, 0.5) is 5.69 Å². The number of rotatable bonds is 7. The smallest absolute Gasteiger partial charge is 0.363 e. The summed E-state index contributed by atoms with van der Waals surface area (Å²) in [6.07, 6.45) is 1.63. The summed E-state index contributed by atoms with van der Waals surface area (Å²) in [5.74, 6) is -0.805. The number of hydrogen-bond acceptors (Lipinski definition) is 8. The van der Waals surface area contributed by atoms with Crippen molar-refractivity contribution in [1.82, 2.24) is 0 Å². The molecule has 0 spiro atoms. The van der Waals surface area contributed by atoms with Gasteiger partial charge in [-0.15, -0.1) is 0 Å². The lowest BCUT2D eigenvalue weighted by Crippen LogP contribution is -2.08. The molecule has 0 atom stereocenters. The molecule has 166 valence electrons. The van der Waals surface area contributed by atoms with E-state index in [4.69, 9.17) is 25.8 Å². The van der Waals surface area contributed by atoms with E-state index in [1.54, 1.807) is 26.0 Å². The first-order chi connectivity index (χ1) is 15.2. The van der Waals surface area contributed by atoms with Gasteiger partial charge in [-0.3, -0.25) is 14.9 Å². The fourth-order valence-corrected chi connectivity index (χ4v) is 3.43. The van der Waals surface area contributed by atoms with Crippen LogP contribution in [0.3, 0.4) is 0 Å². The van der Waals surface area contributed by atoms with Crippen LogP contribution in [0.25, 0.3) is 6.08 Å². The third kappa shape index (κ3) is 5.14. The highest BCUT2D eigenvalue weighted by atomic mass is 79.9. The first-order valence-corrected chi connectivity index (χ1v) is 10.5. The van der Waals surface area contributed by atoms with Gasteiger partial charge in [-0.25, -0.2) is 9.79 Å². The molecule has 32 heavy (non-hydrogen) atoms. The fraction of sp³-hybridized carbons (Fsp3) is 0.190. The van der Waals surface area contributed by atoms with Crippen LogP contribution in [0.15, 0.2) is 45.5 Å². The van der Waals surface area contributed by atoms with Crippen LogP contribution in [-0.4, -0.2) is 29.4 Å². The highest BCUT2D eigenvalue weighted by molar-refractivity contribution is 9.10. The van der Waals surface area contributed by atoms with Gasteiger partial charge in [0.25, 0.3) is 5.69 Å². The SMILES string of the molecule is CCOc1cc(/C=C2\N=C(c3cc([N+](=O)[O-])ccc3Cl)OC2=O)cc(Br)c1OC(=O)CC. The maximum absolute atomic E-state index is 12.3. The molecule has 9 nitrogen and oxygen atoms in total. The second-order valence-electron chi connectivity index (χ2n) is 6.35. The Morgan fingerprint density at radius 2 is 2.06 bits per heavy atom. The lowest BCUT2D eigenvalue weighted by molar-refractivity contribution is -0.384. The van der Waals surface area contributed by atoms with E-state index in [0.717, 1.165) is 0 Å². The number of esters is 2. The van der Waals surface area contributed by atoms with Crippen molar-refractivity contribution in [3.63, 3.8) is 0 Å². The molecule has 0 saturated carbocycles. The van der Waals surface area contributed by atoms with Crippen molar-refractivity contribution in [2.45, 2.75) is 20.3 Å². The Balaban J connectivity index is 2.00. The molecule has 0 aliphatic carbocycles. The number of nitro benzene ring substituents is 1. The van der Waals surface area contributed by atoms with Crippen LogP contribution >= 0.6 is 27.5 Å². The summed E-state index contributed by atoms with van der Waals surface area (Å²) >= 11 is 9.46. The van der Waals surface area contributed by atoms with Gasteiger partial charge in [0.15, 0.2) is 17.2 Å². The van der Waals surface area contributed by atoms with Gasteiger partial charge in [0.1, 0.15) is 0 Å². The number of cyclic esters (lactones) is 1. The molecule has 2 aromatic rings. The molecule has 11 heteroatoms. The largest absolute Gasteiger partial charge is 0.490 e. The minimum Gasteiger partial charge on any atom is -0.490 e. The zero-order valence-corrected chi connectivity index (χ0v) is 19.2. The molecule has 1 aliphatic rings. The standard InChI is InChI=1S/C21H16BrClN2O7/c1-3-18(26)31-19-14(22)7-11(9-17(19)30-4-2)8-16-21(27)32-20(24-16)13-10-12(25(28)29)5-6-15(13)23/h5-10H,3-4H2,1-2H3/b16-8-. The predicted octanol–water partition coefficient (Wildman–Crippen LogP) is 5.07. The van der Waals surface area contributed by atoms with Gasteiger partial charge in [-0.2, -0.15) is 0 Å². The highest BCUT2D eigenvalue weighted by Gasteiger charge is 2.27. The van der Waals surface area contributed by atoms with Gasteiger partial charge in [0.05, 0.1) is 26.6 Å². The molecule has 0 bridgehead atoms. The number of ether oxygens (including phenoxy) is 3. The van der Waals surface area contributed by atoms with Crippen molar-refractivity contribution in [2.75, 3.05) is 6.61 Å². The second kappa shape index (κ2) is 9.92. The van der Waals surface area contributed by atoms with Gasteiger partial charge in [0, 0.05) is 18.6 Å². The predicted molar refractivity (Wildman–Crippen MR) is 120 cm³/mol. The number of benzene rings is 2. The van der Waals surface area contributed by atoms with Gasteiger partial charge < -0.3 is 14.2 Å². The van der Waals surface area contributed by atoms with Crippen molar-refractivity contribution in [3.05, 3.63) is 66.8 Å². The van der Waals surface area contributed by atoms with Crippen molar-refractivity contribution >= 4 is 57.1 Å². The lowest BCUT2D eigenvalue weighted by Gasteiger charge is -2.13. The average Bonchev–Trinajstić information content (AvgIpc) is 3.10. The van der Waals surface area contributed by atoms with Gasteiger partial charge >= 0.3 is 11.9 Å². The number of nitro groups is 1. The summed E-state index contributed by atoms with van der Waals surface area (Å²) in [6, 6.07) is 6.95. The van der Waals surface area contributed by atoms with Crippen molar-refractivity contribution in [1.29, 1.82) is 0 Å². The summed E-state index contributed by atoms with van der Waals surface area (Å²) in [7, 11) is 0. The first-order valence-electron chi connectivity index (χ1n) is 9.37. The Morgan fingerprint density at radius 3 is 2.72 bits per heavy atom. The Hall–Kier alpha value is -3.24. The number of aliphatic imine (C=N–C) groups is 1. The zero-order chi connectivity index (χ0) is 23.4. The molecule has 0 unspecified atom stereocenters. The van der Waals surface area contributed by atoms with Crippen molar-refractivity contribution in [2.24, 2.45) is 4.99 Å². The first kappa shape index (κ1) is 23.4. The Bertz CT molecular complexity index is 1180. The quantitative estimate of drug-likeness (QED) is 0.163. The molecule has 0 aromatic heterocycles. The Kier molecular flexibility index (Phi) is 7.26. The average molecular weight is 524 g/mol. The second-order valence-corrected chi connectivity index (χ2v) is 7.61. The summed E-state index contributed by atoms with van der Waals surface area (Å²) < 4.78 is 16.5. The normalized spacial score (nSPS) is 14.2. The van der Waals surface area contributed by atoms with Crippen molar-refractivity contribution < 1.29 is 28.7 Å². The minimum atomic E-state index is -0.752. The van der Waals surface area contributed by atoms with E-state index in [2.05, 4.69) is 20.9 Å². The van der Waals surface area contributed by atoms with E-state index < -0.39 is 16.9 Å². The van der Waals surface area contributed by atoms with E-state index in [-0.39, 0.29) is 40.0 Å². The lowest BCUT2D eigenvalue weighted by atomic mass is 10.1. The molecule has 0 radical (unpaired) electrons. The molecule has 1 heterocycles. The highest BCUT2D eigenvalue weighted by Crippen LogP contribution is 2.38. The van der Waals surface area contributed by atoms with E-state index in [1.165, 1.54) is 24.3 Å². The third-order valence-electron chi connectivity index (χ3n) is 4.15. The molecule has 0 amide bonds. The van der Waals surface area contributed by atoms with Gasteiger partial charge in [0.2, 0.25) is 5.90 Å². The number of carbonyl (C=O) groups excluding carboxylic acids is 2. The molecule has 2 aromatic carbocycles. The minimum absolute atomic E-state index is 0.0461. The van der Waals surface area contributed by atoms with Crippen LogP contribution in [0.1, 0.15) is 31.4 Å². The topological polar surface area (TPSA) is 117 Å². The maximum atomic E-state index is 12.3. The summed E-state index contributed by atoms with van der Waals surface area (Å²) in [5.41, 5.74) is 0.368. The summed E-state index contributed by atoms with van der Waals surface area (Å²) in [6.45, 7) is 3.77. The Morgan fingerprint density at radius 1 is 1.31 bits per heavy atom. The number of nitrogens with zero attached hydrogens (tertiary/aromatic N) is 2. The molecule has 0 N–H and O–H groups in total. The maximum Gasteiger partial charge on any atom is 0.363 e. The van der Waals surface area contributed by atoms with Crippen LogP contribution in [0.5, 0.6) is 11.5 Å². The van der Waals surface area contributed by atoms with E-state index >= 15 is 0 Å². The molecular weight excluding hydrogens is 508 g/mol. The van der Waals surface area contributed by atoms with Crippen LogP contribution in [0.2, 0.25) is 5.02 Å². The number of halogens is 2. The monoisotopic (exact) mass is 522 g/mol. The van der Waals surface area contributed by atoms with E-state index in [1.807, 2.05) is 0 Å². The molecular formula is C21H16BrClN2O7. The third-order valence-corrected chi connectivity index (χ3v) is 5.07. The summed E-state index contributed by atoms with van der Waals surface area (Å²) in [5, 5.41) is 11.2. The molecule has 1 aliphatic heterocycles. The van der Waals surface area contributed by atoms with Crippen LogP contribution in [-0.2, 0) is 14.3 Å².